The zero-order valence-corrected chi connectivity index (χ0v) is 10.0. The van der Waals surface area contributed by atoms with E-state index in [1.165, 1.54) is 18.0 Å². The summed E-state index contributed by atoms with van der Waals surface area (Å²) in [6, 6.07) is 0. The molecule has 0 radical (unpaired) electrons. The molecule has 0 N–H and O–H groups in total. The van der Waals surface area contributed by atoms with Crippen LogP contribution in [0.1, 0.15) is 26.0 Å². The Morgan fingerprint density at radius 3 is 2.80 bits per heavy atom. The summed E-state index contributed by atoms with van der Waals surface area (Å²) >= 11 is 11.4. The molecule has 0 spiro atoms. The molecular weight excluding hydrogens is 239 g/mol. The van der Waals surface area contributed by atoms with Crippen molar-refractivity contribution in [1.29, 1.82) is 0 Å². The van der Waals surface area contributed by atoms with E-state index in [0.29, 0.717) is 6.42 Å². The number of aromatic nitrogens is 2. The third-order valence-electron chi connectivity index (χ3n) is 1.98. The Morgan fingerprint density at radius 2 is 2.27 bits per heavy atom. The van der Waals surface area contributed by atoms with Crippen LogP contribution in [0.5, 0.6) is 0 Å². The largest absolute Gasteiger partial charge is 0.360 e. The third-order valence-corrected chi connectivity index (χ3v) is 2.73. The number of halogens is 2. The normalized spacial score (nSPS) is 12.8. The molecule has 6 heteroatoms. The van der Waals surface area contributed by atoms with Crippen molar-refractivity contribution in [3.8, 4) is 0 Å². The van der Waals surface area contributed by atoms with Crippen LogP contribution in [-0.4, -0.2) is 16.9 Å². The van der Waals surface area contributed by atoms with Crippen LogP contribution in [-0.2, 0) is 4.74 Å². The fourth-order valence-corrected chi connectivity index (χ4v) is 1.48. The number of hydrogen-bond donors (Lipinski definition) is 0. The summed E-state index contributed by atoms with van der Waals surface area (Å²) in [4.78, 5) is 11.7. The maximum Gasteiger partial charge on any atom is 0.289 e. The SMILES string of the molecule is CCCC(OC)n1ncc(Cl)c(Cl)c1=O. The fraction of sp³-hybridized carbons (Fsp3) is 0.556. The first-order valence-corrected chi connectivity index (χ1v) is 5.33. The highest BCUT2D eigenvalue weighted by Gasteiger charge is 2.15. The first-order valence-electron chi connectivity index (χ1n) is 4.57. The van der Waals surface area contributed by atoms with Gasteiger partial charge in [-0.3, -0.25) is 4.79 Å². The van der Waals surface area contributed by atoms with Crippen molar-refractivity contribution < 1.29 is 4.74 Å². The maximum atomic E-state index is 11.7. The Labute approximate surface area is 97.8 Å². The van der Waals surface area contributed by atoms with E-state index in [0.717, 1.165) is 6.42 Å². The third kappa shape index (κ3) is 2.71. The minimum atomic E-state index is -0.426. The van der Waals surface area contributed by atoms with Crippen LogP contribution in [0.4, 0.5) is 0 Å². The molecule has 0 bridgehead atoms. The van der Waals surface area contributed by atoms with E-state index in [-0.39, 0.29) is 10.0 Å². The molecule has 15 heavy (non-hydrogen) atoms. The van der Waals surface area contributed by atoms with Gasteiger partial charge in [0.15, 0.2) is 6.23 Å². The Bertz CT molecular complexity index is 392. The lowest BCUT2D eigenvalue weighted by atomic mass is 10.3. The second-order valence-electron chi connectivity index (χ2n) is 3.04. The van der Waals surface area contributed by atoms with Gasteiger partial charge in [0.25, 0.3) is 5.56 Å². The lowest BCUT2D eigenvalue weighted by Crippen LogP contribution is -2.28. The number of nitrogens with zero attached hydrogens (tertiary/aromatic N) is 2. The molecule has 84 valence electrons. The van der Waals surface area contributed by atoms with Crippen molar-refractivity contribution in [2.24, 2.45) is 0 Å². The summed E-state index contributed by atoms with van der Waals surface area (Å²) < 4.78 is 6.36. The van der Waals surface area contributed by atoms with E-state index in [2.05, 4.69) is 5.10 Å². The molecule has 4 nitrogen and oxygen atoms in total. The van der Waals surface area contributed by atoms with Gasteiger partial charge in [-0.2, -0.15) is 9.78 Å². The predicted molar refractivity (Wildman–Crippen MR) is 59.5 cm³/mol. The molecule has 0 saturated carbocycles. The Balaban J connectivity index is 3.14. The Hall–Kier alpha value is -0.580. The standard InChI is InChI=1S/C9H12Cl2N2O2/c1-3-4-7(15-2)13-9(14)8(11)6(10)5-12-13/h5,7H,3-4H2,1-2H3. The summed E-state index contributed by atoms with van der Waals surface area (Å²) in [7, 11) is 1.52. The van der Waals surface area contributed by atoms with Crippen molar-refractivity contribution in [3.63, 3.8) is 0 Å². The van der Waals surface area contributed by atoms with E-state index < -0.39 is 11.8 Å². The number of ether oxygens (including phenoxy) is 1. The Morgan fingerprint density at radius 1 is 1.60 bits per heavy atom. The highest BCUT2D eigenvalue weighted by Crippen LogP contribution is 2.17. The molecule has 0 aliphatic rings. The number of rotatable bonds is 4. The molecule has 1 heterocycles. The molecule has 0 fully saturated rings. The van der Waals surface area contributed by atoms with Crippen molar-refractivity contribution >= 4 is 23.2 Å². The van der Waals surface area contributed by atoms with E-state index in [1.807, 2.05) is 6.92 Å². The van der Waals surface area contributed by atoms with Gasteiger partial charge < -0.3 is 4.74 Å². The van der Waals surface area contributed by atoms with Crippen molar-refractivity contribution in [2.75, 3.05) is 7.11 Å². The van der Waals surface area contributed by atoms with Crippen LogP contribution >= 0.6 is 23.2 Å². The average Bonchev–Trinajstić information content (AvgIpc) is 2.24. The lowest BCUT2D eigenvalue weighted by Gasteiger charge is -2.16. The summed E-state index contributed by atoms with van der Waals surface area (Å²) in [6.07, 6.45) is 2.53. The van der Waals surface area contributed by atoms with Gasteiger partial charge in [-0.1, -0.05) is 36.5 Å². The highest BCUT2D eigenvalue weighted by atomic mass is 35.5. The highest BCUT2D eigenvalue weighted by molar-refractivity contribution is 6.41. The summed E-state index contributed by atoms with van der Waals surface area (Å²) in [5, 5.41) is 4.02. The molecule has 0 aliphatic heterocycles. The van der Waals surface area contributed by atoms with Crippen molar-refractivity contribution in [1.82, 2.24) is 9.78 Å². The molecule has 0 saturated heterocycles. The fourth-order valence-electron chi connectivity index (χ4n) is 1.22. The molecule has 1 unspecified atom stereocenters. The van der Waals surface area contributed by atoms with Crippen molar-refractivity contribution in [2.45, 2.75) is 26.0 Å². The van der Waals surface area contributed by atoms with Gasteiger partial charge >= 0.3 is 0 Å². The van der Waals surface area contributed by atoms with Gasteiger partial charge in [-0.15, -0.1) is 0 Å². The smallest absolute Gasteiger partial charge is 0.289 e. The van der Waals surface area contributed by atoms with E-state index in [4.69, 9.17) is 27.9 Å². The average molecular weight is 251 g/mol. The molecule has 1 aromatic heterocycles. The Kier molecular flexibility index (Phi) is 4.57. The van der Waals surface area contributed by atoms with Gasteiger partial charge in [-0.05, 0) is 6.42 Å². The molecule has 1 atom stereocenters. The van der Waals surface area contributed by atoms with Gasteiger partial charge in [0.2, 0.25) is 0 Å². The lowest BCUT2D eigenvalue weighted by molar-refractivity contribution is 0.0223. The second-order valence-corrected chi connectivity index (χ2v) is 3.82. The molecule has 1 rings (SSSR count). The first kappa shape index (κ1) is 12.5. The van der Waals surface area contributed by atoms with Gasteiger partial charge in [0.05, 0.1) is 11.2 Å². The van der Waals surface area contributed by atoms with Gasteiger partial charge in [0, 0.05) is 7.11 Å². The summed E-state index contributed by atoms with van der Waals surface area (Å²) in [5.74, 6) is 0. The molecule has 0 aliphatic carbocycles. The van der Waals surface area contributed by atoms with Crippen LogP contribution in [0.3, 0.4) is 0 Å². The minimum absolute atomic E-state index is 0.0233. The number of hydrogen-bond acceptors (Lipinski definition) is 3. The summed E-state index contributed by atoms with van der Waals surface area (Å²) in [5.41, 5.74) is -0.426. The van der Waals surface area contributed by atoms with Crippen LogP contribution in [0.25, 0.3) is 0 Å². The number of methoxy groups -OCH3 is 1. The monoisotopic (exact) mass is 250 g/mol. The first-order chi connectivity index (χ1) is 7.11. The second kappa shape index (κ2) is 5.49. The summed E-state index contributed by atoms with van der Waals surface area (Å²) in [6.45, 7) is 1.99. The van der Waals surface area contributed by atoms with Crippen molar-refractivity contribution in [3.05, 3.63) is 26.6 Å². The maximum absolute atomic E-state index is 11.7. The molecule has 1 aromatic rings. The van der Waals surface area contributed by atoms with E-state index in [1.54, 1.807) is 0 Å². The quantitative estimate of drug-likeness (QED) is 0.825. The van der Waals surface area contributed by atoms with Crippen LogP contribution in [0, 0.1) is 0 Å². The van der Waals surface area contributed by atoms with Crippen LogP contribution in [0.2, 0.25) is 10.0 Å². The van der Waals surface area contributed by atoms with Gasteiger partial charge in [-0.25, -0.2) is 0 Å². The van der Waals surface area contributed by atoms with E-state index in [9.17, 15) is 4.79 Å². The molecular formula is C9H12Cl2N2O2. The predicted octanol–water partition coefficient (Wildman–Crippen LogP) is 2.50. The zero-order valence-electron chi connectivity index (χ0n) is 8.54. The minimum Gasteiger partial charge on any atom is -0.360 e. The van der Waals surface area contributed by atoms with Crippen LogP contribution < -0.4 is 5.56 Å². The van der Waals surface area contributed by atoms with Gasteiger partial charge in [0.1, 0.15) is 5.02 Å². The van der Waals surface area contributed by atoms with E-state index >= 15 is 0 Å². The topological polar surface area (TPSA) is 44.1 Å². The van der Waals surface area contributed by atoms with Crippen LogP contribution in [0.15, 0.2) is 11.0 Å². The zero-order chi connectivity index (χ0) is 11.4. The molecule has 0 amide bonds. The molecule has 0 aromatic carbocycles.